The van der Waals surface area contributed by atoms with Crippen LogP contribution in [0.15, 0.2) is 81.1 Å². The second kappa shape index (κ2) is 11.4. The van der Waals surface area contributed by atoms with E-state index in [1.165, 1.54) is 23.9 Å². The minimum absolute atomic E-state index is 0.0375. The van der Waals surface area contributed by atoms with E-state index in [1.807, 2.05) is 55.5 Å². The first-order valence-electron chi connectivity index (χ1n) is 11.0. The zero-order valence-corrected chi connectivity index (χ0v) is 21.9. The number of non-ortho nitro benzene ring substituents is 1. The van der Waals surface area contributed by atoms with Gasteiger partial charge in [-0.25, -0.2) is 4.99 Å². The average Bonchev–Trinajstić information content (AvgIpc) is 3.17. The maximum Gasteiger partial charge on any atom is 0.269 e. The smallest absolute Gasteiger partial charge is 0.269 e. The zero-order valence-electron chi connectivity index (χ0n) is 19.5. The summed E-state index contributed by atoms with van der Waals surface area (Å²) >= 11 is 4.86. The number of benzene rings is 3. The van der Waals surface area contributed by atoms with E-state index in [0.717, 1.165) is 27.0 Å². The number of aliphatic imine (C=N–C) groups is 1. The summed E-state index contributed by atoms with van der Waals surface area (Å²) in [5, 5.41) is 11.4. The Bertz CT molecular complexity index is 1340. The largest absolute Gasteiger partial charge is 0.497 e. The molecule has 10 heteroatoms. The number of amides is 1. The monoisotopic (exact) mass is 567 g/mol. The number of amidine groups is 1. The molecule has 1 aliphatic rings. The van der Waals surface area contributed by atoms with E-state index in [-0.39, 0.29) is 18.2 Å². The fraction of sp³-hybridized carbons (Fsp3) is 0.154. The molecule has 8 nitrogen and oxygen atoms in total. The van der Waals surface area contributed by atoms with Crippen molar-refractivity contribution in [3.63, 3.8) is 0 Å². The number of nitro groups is 1. The zero-order chi connectivity index (χ0) is 25.7. The third-order valence-corrected chi connectivity index (χ3v) is 6.92. The predicted octanol–water partition coefficient (Wildman–Crippen LogP) is 6.57. The lowest BCUT2D eigenvalue weighted by Gasteiger charge is -2.12. The summed E-state index contributed by atoms with van der Waals surface area (Å²) in [5.74, 6) is 1.27. The van der Waals surface area contributed by atoms with Gasteiger partial charge in [-0.2, -0.15) is 0 Å². The molecule has 0 spiro atoms. The highest BCUT2D eigenvalue weighted by Crippen LogP contribution is 2.35. The van der Waals surface area contributed by atoms with Crippen molar-refractivity contribution in [2.24, 2.45) is 4.99 Å². The molecular formula is C26H22BrN3O5S. The van der Waals surface area contributed by atoms with Gasteiger partial charge in [0.15, 0.2) is 5.17 Å². The molecular weight excluding hydrogens is 546 g/mol. The molecule has 0 saturated carbocycles. The van der Waals surface area contributed by atoms with E-state index in [4.69, 9.17) is 9.47 Å². The van der Waals surface area contributed by atoms with Crippen molar-refractivity contribution in [1.29, 1.82) is 0 Å². The number of hydrogen-bond acceptors (Lipinski definition) is 7. The van der Waals surface area contributed by atoms with Crippen LogP contribution < -0.4 is 9.47 Å². The molecule has 0 radical (unpaired) electrons. The van der Waals surface area contributed by atoms with E-state index in [0.29, 0.717) is 22.4 Å². The van der Waals surface area contributed by atoms with Crippen molar-refractivity contribution in [3.8, 4) is 11.5 Å². The normalized spacial score (nSPS) is 15.5. The lowest BCUT2D eigenvalue weighted by atomic mass is 10.2. The summed E-state index contributed by atoms with van der Waals surface area (Å²) in [6, 6.07) is 19.1. The SMILES string of the molecule is CCN1C(=O)C(=Cc2ccc(OCc3ccc([N+](=O)[O-])cc3)c(Br)c2)SC1=Nc1ccc(OC)cc1. The van der Waals surface area contributed by atoms with Gasteiger partial charge in [-0.05, 0) is 100 Å². The Morgan fingerprint density at radius 3 is 2.44 bits per heavy atom. The fourth-order valence-electron chi connectivity index (χ4n) is 3.39. The maximum atomic E-state index is 13.0. The number of halogens is 1. The van der Waals surface area contributed by atoms with Gasteiger partial charge < -0.3 is 9.47 Å². The molecule has 36 heavy (non-hydrogen) atoms. The highest BCUT2D eigenvalue weighted by atomic mass is 79.9. The van der Waals surface area contributed by atoms with Crippen LogP contribution in [0.5, 0.6) is 11.5 Å². The van der Waals surface area contributed by atoms with Crippen LogP contribution in [0.2, 0.25) is 0 Å². The molecule has 3 aromatic carbocycles. The summed E-state index contributed by atoms with van der Waals surface area (Å²) < 4.78 is 11.8. The Morgan fingerprint density at radius 2 is 1.83 bits per heavy atom. The van der Waals surface area contributed by atoms with Crippen LogP contribution >= 0.6 is 27.7 Å². The molecule has 4 rings (SSSR count). The minimum atomic E-state index is -0.435. The molecule has 184 valence electrons. The molecule has 1 amide bonds. The van der Waals surface area contributed by atoms with Crippen molar-refractivity contribution in [3.05, 3.63) is 97.3 Å². The average molecular weight is 568 g/mol. The summed E-state index contributed by atoms with van der Waals surface area (Å²) in [6.07, 6.45) is 1.83. The highest BCUT2D eigenvalue weighted by Gasteiger charge is 2.32. The molecule has 0 unspecified atom stereocenters. The van der Waals surface area contributed by atoms with Crippen molar-refractivity contribution in [1.82, 2.24) is 4.90 Å². The van der Waals surface area contributed by atoms with Gasteiger partial charge >= 0.3 is 0 Å². The minimum Gasteiger partial charge on any atom is -0.497 e. The molecule has 0 aromatic heterocycles. The highest BCUT2D eigenvalue weighted by molar-refractivity contribution is 9.10. The van der Waals surface area contributed by atoms with Crippen LogP contribution in [0.1, 0.15) is 18.1 Å². The van der Waals surface area contributed by atoms with Crippen molar-refractivity contribution in [2.45, 2.75) is 13.5 Å². The number of ether oxygens (including phenoxy) is 2. The van der Waals surface area contributed by atoms with Gasteiger partial charge in [-0.15, -0.1) is 0 Å². The Morgan fingerprint density at radius 1 is 1.11 bits per heavy atom. The number of rotatable bonds is 8. The number of hydrogen-bond donors (Lipinski definition) is 0. The second-order valence-electron chi connectivity index (χ2n) is 7.65. The number of carbonyl (C=O) groups is 1. The van der Waals surface area contributed by atoms with Gasteiger partial charge in [0.1, 0.15) is 18.1 Å². The van der Waals surface area contributed by atoms with Crippen LogP contribution in [0.25, 0.3) is 6.08 Å². The quantitative estimate of drug-likeness (QED) is 0.173. The Labute approximate surface area is 220 Å². The van der Waals surface area contributed by atoms with Crippen LogP contribution in [0.4, 0.5) is 11.4 Å². The number of nitrogens with zero attached hydrogens (tertiary/aromatic N) is 3. The molecule has 0 aliphatic carbocycles. The van der Waals surface area contributed by atoms with E-state index >= 15 is 0 Å². The van der Waals surface area contributed by atoms with Gasteiger partial charge in [0.25, 0.3) is 11.6 Å². The van der Waals surface area contributed by atoms with Crippen LogP contribution in [0, 0.1) is 10.1 Å². The summed E-state index contributed by atoms with van der Waals surface area (Å²) in [4.78, 5) is 30.2. The van der Waals surface area contributed by atoms with Crippen LogP contribution in [-0.2, 0) is 11.4 Å². The first-order valence-corrected chi connectivity index (χ1v) is 12.6. The standard InChI is InChI=1S/C26H22BrN3O5S/c1-3-29-25(31)24(36-26(29)28-19-7-11-21(34-2)12-8-19)15-18-6-13-23(22(27)14-18)35-16-17-4-9-20(10-5-17)30(32)33/h4-15H,3,16H2,1-2H3. The molecule has 0 bridgehead atoms. The molecule has 1 heterocycles. The number of carbonyl (C=O) groups excluding carboxylic acids is 1. The van der Waals surface area contributed by atoms with Crippen molar-refractivity contribution >= 4 is 56.2 Å². The van der Waals surface area contributed by atoms with E-state index < -0.39 is 4.92 Å². The first kappa shape index (κ1) is 25.5. The van der Waals surface area contributed by atoms with Gasteiger partial charge in [0.05, 0.1) is 27.1 Å². The van der Waals surface area contributed by atoms with Gasteiger partial charge in [-0.3, -0.25) is 19.8 Å². The van der Waals surface area contributed by atoms with E-state index in [2.05, 4.69) is 20.9 Å². The van der Waals surface area contributed by atoms with Crippen LogP contribution in [0.3, 0.4) is 0 Å². The van der Waals surface area contributed by atoms with Crippen molar-refractivity contribution in [2.75, 3.05) is 13.7 Å². The predicted molar refractivity (Wildman–Crippen MR) is 145 cm³/mol. The number of likely N-dealkylation sites (N-methyl/N-ethyl adjacent to an activating group) is 1. The third kappa shape index (κ3) is 5.95. The topological polar surface area (TPSA) is 94.3 Å². The molecule has 0 atom stereocenters. The number of nitro benzene ring substituents is 1. The van der Waals surface area contributed by atoms with E-state index in [1.54, 1.807) is 24.1 Å². The maximum absolute atomic E-state index is 13.0. The van der Waals surface area contributed by atoms with E-state index in [9.17, 15) is 14.9 Å². The van der Waals surface area contributed by atoms with Gasteiger partial charge in [0, 0.05) is 18.7 Å². The number of thioether (sulfide) groups is 1. The second-order valence-corrected chi connectivity index (χ2v) is 9.52. The molecule has 1 fully saturated rings. The van der Waals surface area contributed by atoms with Gasteiger partial charge in [-0.1, -0.05) is 6.07 Å². The molecule has 1 aliphatic heterocycles. The Balaban J connectivity index is 1.47. The Hall–Kier alpha value is -3.63. The van der Waals surface area contributed by atoms with Crippen LogP contribution in [-0.4, -0.2) is 34.6 Å². The first-order chi connectivity index (χ1) is 17.4. The summed E-state index contributed by atoms with van der Waals surface area (Å²) in [5.41, 5.74) is 2.43. The third-order valence-electron chi connectivity index (χ3n) is 5.30. The lowest BCUT2D eigenvalue weighted by Crippen LogP contribution is -2.28. The summed E-state index contributed by atoms with van der Waals surface area (Å²) in [6.45, 7) is 2.69. The fourth-order valence-corrected chi connectivity index (χ4v) is 4.96. The lowest BCUT2D eigenvalue weighted by molar-refractivity contribution is -0.384. The Kier molecular flexibility index (Phi) is 8.07. The molecule has 3 aromatic rings. The number of methoxy groups -OCH3 is 1. The molecule has 0 N–H and O–H groups in total. The summed E-state index contributed by atoms with van der Waals surface area (Å²) in [7, 11) is 1.61. The van der Waals surface area contributed by atoms with Gasteiger partial charge in [0.2, 0.25) is 0 Å². The van der Waals surface area contributed by atoms with Crippen molar-refractivity contribution < 1.29 is 19.2 Å². The molecule has 1 saturated heterocycles.